The number of anilines is 1. The van der Waals surface area contributed by atoms with E-state index in [4.69, 9.17) is 17.3 Å². The van der Waals surface area contributed by atoms with E-state index in [1.807, 2.05) is 30.3 Å². The lowest BCUT2D eigenvalue weighted by Crippen LogP contribution is -1.89. The van der Waals surface area contributed by atoms with Crippen molar-refractivity contribution >= 4 is 44.0 Å². The molecule has 1 nitrogen and oxygen atoms in total. The van der Waals surface area contributed by atoms with Crippen molar-refractivity contribution in [3.63, 3.8) is 0 Å². The number of hydrogen-bond donors (Lipinski definition) is 1. The number of nitrogen functional groups attached to an aromatic ring is 1. The average molecular weight is 257 g/mol. The topological polar surface area (TPSA) is 26.0 Å². The van der Waals surface area contributed by atoms with Crippen molar-refractivity contribution in [2.45, 2.75) is 0 Å². The molecule has 0 amide bonds. The Labute approximate surface area is 89.6 Å². The third kappa shape index (κ3) is 1.40. The summed E-state index contributed by atoms with van der Waals surface area (Å²) in [7, 11) is 0. The Kier molecular flexibility index (Phi) is 2.18. The van der Waals surface area contributed by atoms with Crippen molar-refractivity contribution < 1.29 is 0 Å². The second kappa shape index (κ2) is 3.20. The van der Waals surface area contributed by atoms with E-state index in [-0.39, 0.29) is 0 Å². The van der Waals surface area contributed by atoms with Crippen LogP contribution in [0.3, 0.4) is 0 Å². The van der Waals surface area contributed by atoms with E-state index < -0.39 is 0 Å². The van der Waals surface area contributed by atoms with Crippen LogP contribution in [0.15, 0.2) is 34.8 Å². The second-order valence-corrected chi connectivity index (χ2v) is 4.01. The molecular weight excluding hydrogens is 249 g/mol. The number of halogens is 2. The van der Waals surface area contributed by atoms with Gasteiger partial charge in [0.05, 0.1) is 15.2 Å². The summed E-state index contributed by atoms with van der Waals surface area (Å²) in [4.78, 5) is 0. The highest BCUT2D eigenvalue weighted by Gasteiger charge is 2.05. The quantitative estimate of drug-likeness (QED) is 0.712. The van der Waals surface area contributed by atoms with Gasteiger partial charge in [0, 0.05) is 5.39 Å². The number of hydrogen-bond acceptors (Lipinski definition) is 1. The molecule has 0 bridgehead atoms. The van der Waals surface area contributed by atoms with Crippen molar-refractivity contribution in [3.8, 4) is 0 Å². The Balaban J connectivity index is 2.94. The smallest absolute Gasteiger partial charge is 0.0597 e. The van der Waals surface area contributed by atoms with Gasteiger partial charge in [-0.05, 0) is 27.4 Å². The number of rotatable bonds is 0. The SMILES string of the molecule is Nc1c(Br)c(Cl)cc2ccccc12. The Bertz CT molecular complexity index is 468. The first-order valence-corrected chi connectivity index (χ1v) is 4.99. The molecule has 2 aromatic rings. The van der Waals surface area contributed by atoms with Gasteiger partial charge in [-0.15, -0.1) is 0 Å². The van der Waals surface area contributed by atoms with Crippen LogP contribution in [0.1, 0.15) is 0 Å². The van der Waals surface area contributed by atoms with Crippen LogP contribution >= 0.6 is 27.5 Å². The highest BCUT2D eigenvalue weighted by molar-refractivity contribution is 9.10. The van der Waals surface area contributed by atoms with Crippen LogP contribution in [0.2, 0.25) is 5.02 Å². The molecule has 0 saturated heterocycles. The van der Waals surface area contributed by atoms with Crippen LogP contribution in [0.25, 0.3) is 10.8 Å². The molecule has 0 atom stereocenters. The average Bonchev–Trinajstić information content (AvgIpc) is 2.15. The van der Waals surface area contributed by atoms with Gasteiger partial charge in [0.15, 0.2) is 0 Å². The molecule has 0 spiro atoms. The van der Waals surface area contributed by atoms with Crippen LogP contribution in [-0.2, 0) is 0 Å². The fraction of sp³-hybridized carbons (Fsp3) is 0. The lowest BCUT2D eigenvalue weighted by molar-refractivity contribution is 1.68. The van der Waals surface area contributed by atoms with E-state index in [2.05, 4.69) is 15.9 Å². The summed E-state index contributed by atoms with van der Waals surface area (Å²) in [6, 6.07) is 9.79. The van der Waals surface area contributed by atoms with Gasteiger partial charge < -0.3 is 5.73 Å². The van der Waals surface area contributed by atoms with Crippen LogP contribution in [0.5, 0.6) is 0 Å². The predicted octanol–water partition coefficient (Wildman–Crippen LogP) is 3.84. The summed E-state index contributed by atoms with van der Waals surface area (Å²) >= 11 is 9.31. The maximum atomic E-state index is 5.97. The summed E-state index contributed by atoms with van der Waals surface area (Å²) in [5.41, 5.74) is 6.59. The van der Waals surface area contributed by atoms with Gasteiger partial charge in [-0.1, -0.05) is 35.9 Å². The molecule has 0 saturated carbocycles. The molecule has 0 fully saturated rings. The second-order valence-electron chi connectivity index (χ2n) is 2.81. The third-order valence-electron chi connectivity index (χ3n) is 1.98. The Morgan fingerprint density at radius 2 is 1.92 bits per heavy atom. The first-order valence-electron chi connectivity index (χ1n) is 3.82. The monoisotopic (exact) mass is 255 g/mol. The van der Waals surface area contributed by atoms with Crippen LogP contribution < -0.4 is 5.73 Å². The maximum Gasteiger partial charge on any atom is 0.0597 e. The third-order valence-corrected chi connectivity index (χ3v) is 3.36. The fourth-order valence-electron chi connectivity index (χ4n) is 1.31. The summed E-state index contributed by atoms with van der Waals surface area (Å²) in [5, 5.41) is 2.74. The highest BCUT2D eigenvalue weighted by atomic mass is 79.9. The highest BCUT2D eigenvalue weighted by Crippen LogP contribution is 2.35. The van der Waals surface area contributed by atoms with E-state index in [0.717, 1.165) is 15.2 Å². The molecule has 0 aliphatic carbocycles. The number of benzene rings is 2. The lowest BCUT2D eigenvalue weighted by Gasteiger charge is -2.05. The molecule has 0 aliphatic heterocycles. The van der Waals surface area contributed by atoms with Gasteiger partial charge >= 0.3 is 0 Å². The van der Waals surface area contributed by atoms with Crippen LogP contribution in [-0.4, -0.2) is 0 Å². The standard InChI is InChI=1S/C10H7BrClN/c11-9-8(12)5-6-3-1-2-4-7(6)10(9)13/h1-5H,13H2. The zero-order chi connectivity index (χ0) is 9.42. The zero-order valence-corrected chi connectivity index (χ0v) is 9.06. The van der Waals surface area contributed by atoms with Gasteiger partial charge in [-0.2, -0.15) is 0 Å². The van der Waals surface area contributed by atoms with Crippen molar-refractivity contribution in [1.82, 2.24) is 0 Å². The Morgan fingerprint density at radius 1 is 1.23 bits per heavy atom. The van der Waals surface area contributed by atoms with E-state index in [1.54, 1.807) is 0 Å². The summed E-state index contributed by atoms with van der Waals surface area (Å²) in [6.45, 7) is 0. The van der Waals surface area contributed by atoms with E-state index in [9.17, 15) is 0 Å². The van der Waals surface area contributed by atoms with Gasteiger partial charge in [0.25, 0.3) is 0 Å². The first kappa shape index (κ1) is 8.85. The summed E-state index contributed by atoms with van der Waals surface area (Å²) in [6.07, 6.45) is 0. The summed E-state index contributed by atoms with van der Waals surface area (Å²) < 4.78 is 0.771. The molecule has 0 unspecified atom stereocenters. The molecule has 0 heterocycles. The molecule has 2 N–H and O–H groups in total. The normalized spacial score (nSPS) is 10.6. The van der Waals surface area contributed by atoms with Gasteiger partial charge in [0.1, 0.15) is 0 Å². The molecule has 0 radical (unpaired) electrons. The number of nitrogens with two attached hydrogens (primary N) is 1. The van der Waals surface area contributed by atoms with Crippen molar-refractivity contribution in [2.75, 3.05) is 5.73 Å². The van der Waals surface area contributed by atoms with Crippen LogP contribution in [0, 0.1) is 0 Å². The minimum Gasteiger partial charge on any atom is -0.397 e. The molecule has 0 aromatic heterocycles. The Morgan fingerprint density at radius 3 is 2.69 bits per heavy atom. The molecular formula is C10H7BrClN. The summed E-state index contributed by atoms with van der Waals surface area (Å²) in [5.74, 6) is 0. The van der Waals surface area contributed by atoms with Crippen molar-refractivity contribution in [2.24, 2.45) is 0 Å². The van der Waals surface area contributed by atoms with E-state index >= 15 is 0 Å². The lowest BCUT2D eigenvalue weighted by atomic mass is 10.1. The maximum absolute atomic E-state index is 5.97. The van der Waals surface area contributed by atoms with E-state index in [1.165, 1.54) is 0 Å². The molecule has 2 rings (SSSR count). The van der Waals surface area contributed by atoms with Crippen LogP contribution in [0.4, 0.5) is 5.69 Å². The molecule has 2 aromatic carbocycles. The molecule has 13 heavy (non-hydrogen) atoms. The van der Waals surface area contributed by atoms with Gasteiger partial charge in [0.2, 0.25) is 0 Å². The largest absolute Gasteiger partial charge is 0.397 e. The molecule has 0 aliphatic rings. The van der Waals surface area contributed by atoms with Gasteiger partial charge in [-0.3, -0.25) is 0 Å². The minimum atomic E-state index is 0.649. The fourth-order valence-corrected chi connectivity index (χ4v) is 1.86. The number of fused-ring (bicyclic) bond motifs is 1. The first-order chi connectivity index (χ1) is 6.20. The molecule has 66 valence electrons. The molecule has 3 heteroatoms. The van der Waals surface area contributed by atoms with Crippen molar-refractivity contribution in [3.05, 3.63) is 39.8 Å². The zero-order valence-electron chi connectivity index (χ0n) is 6.72. The van der Waals surface area contributed by atoms with Crippen molar-refractivity contribution in [1.29, 1.82) is 0 Å². The van der Waals surface area contributed by atoms with Gasteiger partial charge in [-0.25, -0.2) is 0 Å². The van der Waals surface area contributed by atoms with E-state index in [0.29, 0.717) is 10.7 Å². The predicted molar refractivity (Wildman–Crippen MR) is 61.1 cm³/mol. The Hall–Kier alpha value is -0.730. The minimum absolute atomic E-state index is 0.649.